The van der Waals surface area contributed by atoms with E-state index < -0.39 is 31.9 Å². The highest BCUT2D eigenvalue weighted by atomic mass is 31.2. The van der Waals surface area contributed by atoms with Gasteiger partial charge in [-0.05, 0) is 24.5 Å². The second-order valence-corrected chi connectivity index (χ2v) is 6.38. The molecule has 0 spiro atoms. The van der Waals surface area contributed by atoms with Crippen molar-refractivity contribution < 1.29 is 24.6 Å². The zero-order valence-corrected chi connectivity index (χ0v) is 10.5. The Balaban J connectivity index is 2.15. The van der Waals surface area contributed by atoms with E-state index in [1.165, 1.54) is 0 Å². The fourth-order valence-corrected chi connectivity index (χ4v) is 3.48. The van der Waals surface area contributed by atoms with Crippen molar-refractivity contribution >= 4 is 7.60 Å². The largest absolute Gasteiger partial charge is 0.390 e. The van der Waals surface area contributed by atoms with E-state index in [1.807, 2.05) is 0 Å². The third-order valence-electron chi connectivity index (χ3n) is 3.34. The maximum Gasteiger partial charge on any atom is 0.325 e. The quantitative estimate of drug-likeness (QED) is 0.581. The molecule has 0 aromatic carbocycles. The Morgan fingerprint density at radius 2 is 2.00 bits per heavy atom. The summed E-state index contributed by atoms with van der Waals surface area (Å²) in [5, 5.41) is 19.8. The number of hydrogen-bond donors (Lipinski definition) is 4. The number of rotatable bonds is 3. The van der Waals surface area contributed by atoms with Crippen molar-refractivity contribution in [1.29, 1.82) is 0 Å². The van der Waals surface area contributed by atoms with Crippen molar-refractivity contribution in [3.8, 4) is 0 Å². The molecule has 100 valence electrons. The minimum atomic E-state index is -4.19. The minimum absolute atomic E-state index is 0.324. The van der Waals surface area contributed by atoms with Gasteiger partial charge < -0.3 is 20.0 Å². The minimum Gasteiger partial charge on any atom is -0.390 e. The van der Waals surface area contributed by atoms with Gasteiger partial charge >= 0.3 is 7.60 Å². The Morgan fingerprint density at radius 3 is 2.56 bits per heavy atom. The standard InChI is InChI=1S/C11H16NO5P/c13-10-7(6-18(15,16)17)5-8(11(10)14)9-3-1-2-4-12-9/h1-4,7-8,10-11,13-14H,5-6H2,(H2,15,16,17). The fraction of sp³-hybridized carbons (Fsp3) is 0.545. The molecule has 7 heteroatoms. The van der Waals surface area contributed by atoms with Crippen LogP contribution >= 0.6 is 7.60 Å². The van der Waals surface area contributed by atoms with Gasteiger partial charge in [-0.15, -0.1) is 0 Å². The summed E-state index contributed by atoms with van der Waals surface area (Å²) in [5.74, 6) is -0.981. The normalized spacial score (nSPS) is 32.7. The Hall–Kier alpha value is -0.780. The molecule has 1 heterocycles. The van der Waals surface area contributed by atoms with Crippen LogP contribution in [0.1, 0.15) is 18.0 Å². The van der Waals surface area contributed by atoms with Gasteiger partial charge in [0.15, 0.2) is 0 Å². The van der Waals surface area contributed by atoms with E-state index in [0.717, 1.165) is 0 Å². The lowest BCUT2D eigenvalue weighted by atomic mass is 10.0. The van der Waals surface area contributed by atoms with E-state index in [-0.39, 0.29) is 5.92 Å². The van der Waals surface area contributed by atoms with Crippen molar-refractivity contribution in [2.24, 2.45) is 5.92 Å². The Kier molecular flexibility index (Phi) is 3.84. The summed E-state index contributed by atoms with van der Waals surface area (Å²) in [4.78, 5) is 22.0. The molecule has 0 bridgehead atoms. The van der Waals surface area contributed by atoms with E-state index in [4.69, 9.17) is 9.79 Å². The molecule has 1 aromatic rings. The second-order valence-electron chi connectivity index (χ2n) is 4.69. The first-order valence-corrected chi connectivity index (χ1v) is 7.50. The number of aliphatic hydroxyl groups is 2. The van der Waals surface area contributed by atoms with Gasteiger partial charge in [0.1, 0.15) is 0 Å². The van der Waals surface area contributed by atoms with Gasteiger partial charge in [-0.2, -0.15) is 0 Å². The predicted octanol–water partition coefficient (Wildman–Crippen LogP) is 0.0846. The second kappa shape index (κ2) is 5.07. The van der Waals surface area contributed by atoms with Gasteiger partial charge in [-0.25, -0.2) is 0 Å². The van der Waals surface area contributed by atoms with Crippen molar-refractivity contribution in [2.45, 2.75) is 24.5 Å². The molecule has 4 unspecified atom stereocenters. The summed E-state index contributed by atoms with van der Waals surface area (Å²) in [6, 6.07) is 5.26. The summed E-state index contributed by atoms with van der Waals surface area (Å²) < 4.78 is 11.0. The van der Waals surface area contributed by atoms with Gasteiger partial charge in [0.05, 0.1) is 18.4 Å². The topological polar surface area (TPSA) is 111 Å². The lowest BCUT2D eigenvalue weighted by molar-refractivity contribution is 0.0175. The first kappa shape index (κ1) is 13.6. The lowest BCUT2D eigenvalue weighted by Crippen LogP contribution is -2.29. The van der Waals surface area contributed by atoms with E-state index in [0.29, 0.717) is 12.1 Å². The third kappa shape index (κ3) is 2.96. The highest BCUT2D eigenvalue weighted by Gasteiger charge is 2.44. The first-order valence-electron chi connectivity index (χ1n) is 5.70. The average molecular weight is 273 g/mol. The predicted molar refractivity (Wildman–Crippen MR) is 64.0 cm³/mol. The molecule has 1 saturated carbocycles. The smallest absolute Gasteiger partial charge is 0.325 e. The lowest BCUT2D eigenvalue weighted by Gasteiger charge is -2.17. The van der Waals surface area contributed by atoms with Gasteiger partial charge in [-0.1, -0.05) is 6.07 Å². The maximum absolute atomic E-state index is 11.0. The summed E-state index contributed by atoms with van der Waals surface area (Å²) in [7, 11) is -4.19. The summed E-state index contributed by atoms with van der Waals surface area (Å²) >= 11 is 0. The molecule has 6 nitrogen and oxygen atoms in total. The molecule has 1 fully saturated rings. The van der Waals surface area contributed by atoms with Crippen molar-refractivity contribution in [3.05, 3.63) is 30.1 Å². The molecule has 1 aliphatic rings. The number of aliphatic hydroxyl groups excluding tert-OH is 2. The van der Waals surface area contributed by atoms with Crippen LogP contribution in [0.5, 0.6) is 0 Å². The van der Waals surface area contributed by atoms with Crippen LogP contribution in [0.3, 0.4) is 0 Å². The molecule has 2 rings (SSSR count). The molecule has 0 saturated heterocycles. The molecule has 0 radical (unpaired) electrons. The fourth-order valence-electron chi connectivity index (χ4n) is 2.50. The number of aromatic nitrogens is 1. The number of pyridine rings is 1. The average Bonchev–Trinajstić information content (AvgIpc) is 2.57. The number of hydrogen-bond acceptors (Lipinski definition) is 4. The van der Waals surface area contributed by atoms with E-state index in [9.17, 15) is 14.8 Å². The third-order valence-corrected chi connectivity index (χ3v) is 4.29. The number of nitrogens with zero attached hydrogens (tertiary/aromatic N) is 1. The van der Waals surface area contributed by atoms with E-state index in [2.05, 4.69) is 4.98 Å². The molecule has 4 N–H and O–H groups in total. The molecule has 1 aliphatic carbocycles. The van der Waals surface area contributed by atoms with Crippen molar-refractivity contribution in [1.82, 2.24) is 4.98 Å². The van der Waals surface area contributed by atoms with Crippen LogP contribution in [0.4, 0.5) is 0 Å². The Labute approximate surface area is 104 Å². The highest BCUT2D eigenvalue weighted by molar-refractivity contribution is 7.51. The van der Waals surface area contributed by atoms with Crippen LogP contribution in [-0.4, -0.2) is 43.4 Å². The Morgan fingerprint density at radius 1 is 1.28 bits per heavy atom. The first-order chi connectivity index (χ1) is 8.38. The molecular formula is C11H16NO5P. The summed E-state index contributed by atoms with van der Waals surface area (Å²) in [5.41, 5.74) is 0.636. The summed E-state index contributed by atoms with van der Waals surface area (Å²) in [6.45, 7) is 0. The van der Waals surface area contributed by atoms with Crippen LogP contribution in [-0.2, 0) is 4.57 Å². The molecule has 4 atom stereocenters. The van der Waals surface area contributed by atoms with Crippen molar-refractivity contribution in [3.63, 3.8) is 0 Å². The molecule has 0 amide bonds. The van der Waals surface area contributed by atoms with Gasteiger partial charge in [0.2, 0.25) is 0 Å². The highest BCUT2D eigenvalue weighted by Crippen LogP contribution is 2.46. The van der Waals surface area contributed by atoms with E-state index >= 15 is 0 Å². The van der Waals surface area contributed by atoms with Gasteiger partial charge in [0.25, 0.3) is 0 Å². The SMILES string of the molecule is O=P(O)(O)CC1CC(c2ccccn2)C(O)C1O. The van der Waals surface area contributed by atoms with Crippen LogP contribution in [0.2, 0.25) is 0 Å². The van der Waals surface area contributed by atoms with Crippen LogP contribution in [0, 0.1) is 5.92 Å². The van der Waals surface area contributed by atoms with E-state index in [1.54, 1.807) is 24.4 Å². The Bertz CT molecular complexity index is 448. The summed E-state index contributed by atoms with van der Waals surface area (Å²) in [6.07, 6.45) is -0.648. The van der Waals surface area contributed by atoms with Gasteiger partial charge in [-0.3, -0.25) is 9.55 Å². The molecule has 18 heavy (non-hydrogen) atoms. The van der Waals surface area contributed by atoms with Crippen LogP contribution < -0.4 is 0 Å². The van der Waals surface area contributed by atoms with Gasteiger partial charge in [0, 0.05) is 17.8 Å². The monoisotopic (exact) mass is 273 g/mol. The van der Waals surface area contributed by atoms with Crippen molar-refractivity contribution in [2.75, 3.05) is 6.16 Å². The zero-order valence-electron chi connectivity index (χ0n) is 9.62. The molecule has 0 aliphatic heterocycles. The maximum atomic E-state index is 11.0. The van der Waals surface area contributed by atoms with Crippen LogP contribution in [0.15, 0.2) is 24.4 Å². The molecular weight excluding hydrogens is 257 g/mol. The van der Waals surface area contributed by atoms with Crippen LogP contribution in [0.25, 0.3) is 0 Å². The molecule has 1 aromatic heterocycles. The zero-order chi connectivity index (χ0) is 13.3.